The summed E-state index contributed by atoms with van der Waals surface area (Å²) in [5, 5.41) is 0. The number of alkyl halides is 4. The van der Waals surface area contributed by atoms with Crippen LogP contribution in [0.2, 0.25) is 0 Å². The Hall–Kier alpha value is -3.01. The molecule has 10 heteroatoms. The standard InChI is InChI=1S/C21H17F5N2O2S/c1-29-20-19(28-31-12-22)8-14(10-27-20)17-9-16(5-6-18(17)23)30-11-13-3-2-4-15(7-13)21(24,25)26/h2-10,28H,11-12H2,1H3. The molecule has 0 bridgehead atoms. The van der Waals surface area contributed by atoms with E-state index in [1.807, 2.05) is 0 Å². The Bertz CT molecular complexity index is 1050. The van der Waals surface area contributed by atoms with Crippen LogP contribution in [0.4, 0.5) is 27.6 Å². The summed E-state index contributed by atoms with van der Waals surface area (Å²) in [6, 6.07) is 9.61. The molecule has 0 radical (unpaired) electrons. The minimum atomic E-state index is -4.45. The van der Waals surface area contributed by atoms with E-state index in [9.17, 15) is 22.0 Å². The van der Waals surface area contributed by atoms with Gasteiger partial charge in [-0.15, -0.1) is 0 Å². The van der Waals surface area contributed by atoms with E-state index in [0.29, 0.717) is 16.8 Å². The van der Waals surface area contributed by atoms with Crippen molar-refractivity contribution in [2.24, 2.45) is 0 Å². The summed E-state index contributed by atoms with van der Waals surface area (Å²) in [6.45, 7) is -0.129. The topological polar surface area (TPSA) is 43.4 Å². The summed E-state index contributed by atoms with van der Waals surface area (Å²) < 4.78 is 78.9. The lowest BCUT2D eigenvalue weighted by atomic mass is 10.1. The maximum Gasteiger partial charge on any atom is 0.416 e. The highest BCUT2D eigenvalue weighted by Gasteiger charge is 2.30. The molecule has 1 aromatic heterocycles. The summed E-state index contributed by atoms with van der Waals surface area (Å²) in [5.74, 6) is -0.0817. The quantitative estimate of drug-likeness (QED) is 0.310. The van der Waals surface area contributed by atoms with Gasteiger partial charge in [0.25, 0.3) is 0 Å². The first-order chi connectivity index (χ1) is 14.8. The molecule has 0 unspecified atom stereocenters. The van der Waals surface area contributed by atoms with E-state index in [4.69, 9.17) is 9.47 Å². The van der Waals surface area contributed by atoms with Gasteiger partial charge in [0.05, 0.1) is 12.7 Å². The minimum Gasteiger partial charge on any atom is -0.489 e. The maximum atomic E-state index is 14.4. The average molecular weight is 456 g/mol. The zero-order valence-electron chi connectivity index (χ0n) is 16.2. The van der Waals surface area contributed by atoms with E-state index in [1.54, 1.807) is 6.07 Å². The number of aromatic nitrogens is 1. The van der Waals surface area contributed by atoms with Gasteiger partial charge in [0.1, 0.15) is 23.9 Å². The molecule has 31 heavy (non-hydrogen) atoms. The number of anilines is 1. The lowest BCUT2D eigenvalue weighted by molar-refractivity contribution is -0.137. The molecule has 0 saturated carbocycles. The van der Waals surface area contributed by atoms with Gasteiger partial charge < -0.3 is 14.2 Å². The van der Waals surface area contributed by atoms with Crippen LogP contribution in [0.5, 0.6) is 11.6 Å². The monoisotopic (exact) mass is 456 g/mol. The van der Waals surface area contributed by atoms with Crippen LogP contribution in [-0.4, -0.2) is 18.1 Å². The van der Waals surface area contributed by atoms with Crippen molar-refractivity contribution in [2.45, 2.75) is 12.8 Å². The molecule has 0 amide bonds. The SMILES string of the molecule is COc1ncc(-c2cc(OCc3cccc(C(F)(F)F)c3)ccc2F)cc1NSCF. The van der Waals surface area contributed by atoms with Crippen LogP contribution in [-0.2, 0) is 12.8 Å². The van der Waals surface area contributed by atoms with Crippen molar-refractivity contribution >= 4 is 17.6 Å². The van der Waals surface area contributed by atoms with Crippen LogP contribution >= 0.6 is 11.9 Å². The molecule has 1 N–H and O–H groups in total. The third-order valence-corrected chi connectivity index (χ3v) is 4.66. The van der Waals surface area contributed by atoms with Crippen LogP contribution < -0.4 is 14.2 Å². The van der Waals surface area contributed by atoms with Gasteiger partial charge in [-0.25, -0.2) is 13.8 Å². The van der Waals surface area contributed by atoms with Gasteiger partial charge in [-0.2, -0.15) is 13.2 Å². The molecule has 1 heterocycles. The van der Waals surface area contributed by atoms with Crippen molar-refractivity contribution in [3.63, 3.8) is 0 Å². The summed E-state index contributed by atoms with van der Waals surface area (Å²) in [5.41, 5.74) is 0.442. The molecular weight excluding hydrogens is 439 g/mol. The zero-order valence-corrected chi connectivity index (χ0v) is 17.0. The zero-order chi connectivity index (χ0) is 22.4. The smallest absolute Gasteiger partial charge is 0.416 e. The van der Waals surface area contributed by atoms with Gasteiger partial charge >= 0.3 is 6.18 Å². The van der Waals surface area contributed by atoms with Gasteiger partial charge in [-0.05, 0) is 53.9 Å². The maximum absolute atomic E-state index is 14.4. The van der Waals surface area contributed by atoms with E-state index in [2.05, 4.69) is 9.71 Å². The Morgan fingerprint density at radius 1 is 1.10 bits per heavy atom. The molecule has 2 aromatic carbocycles. The number of ether oxygens (including phenoxy) is 2. The summed E-state index contributed by atoms with van der Waals surface area (Å²) in [6.07, 6.45) is -3.06. The van der Waals surface area contributed by atoms with Crippen LogP contribution in [0.15, 0.2) is 54.7 Å². The molecule has 164 valence electrons. The van der Waals surface area contributed by atoms with E-state index in [-0.39, 0.29) is 23.8 Å². The van der Waals surface area contributed by atoms with Crippen molar-refractivity contribution < 1.29 is 31.4 Å². The van der Waals surface area contributed by atoms with E-state index in [1.165, 1.54) is 43.6 Å². The van der Waals surface area contributed by atoms with Crippen LogP contribution in [0.25, 0.3) is 11.1 Å². The number of halogens is 5. The fraction of sp³-hybridized carbons (Fsp3) is 0.190. The van der Waals surface area contributed by atoms with E-state index in [0.717, 1.165) is 24.1 Å². The second-order valence-electron chi connectivity index (χ2n) is 6.26. The number of hydrogen-bond acceptors (Lipinski definition) is 5. The van der Waals surface area contributed by atoms with Crippen molar-refractivity contribution in [1.82, 2.24) is 4.98 Å². The van der Waals surface area contributed by atoms with Crippen molar-refractivity contribution in [3.8, 4) is 22.8 Å². The lowest BCUT2D eigenvalue weighted by Gasteiger charge is -2.13. The number of hydrogen-bond donors (Lipinski definition) is 1. The molecular formula is C21H17F5N2O2S. The third kappa shape index (κ3) is 5.78. The van der Waals surface area contributed by atoms with Crippen LogP contribution in [0.3, 0.4) is 0 Å². The highest BCUT2D eigenvalue weighted by atomic mass is 32.2. The fourth-order valence-corrected chi connectivity index (χ4v) is 3.12. The normalized spacial score (nSPS) is 11.3. The second-order valence-corrected chi connectivity index (χ2v) is 6.98. The molecule has 0 aliphatic heterocycles. The molecule has 0 saturated heterocycles. The Labute approximate surface area is 179 Å². The molecule has 0 fully saturated rings. The first-order valence-corrected chi connectivity index (χ1v) is 9.87. The second kappa shape index (κ2) is 9.86. The lowest BCUT2D eigenvalue weighted by Crippen LogP contribution is -2.06. The Morgan fingerprint density at radius 3 is 2.61 bits per heavy atom. The van der Waals surface area contributed by atoms with Crippen LogP contribution in [0, 0.1) is 5.82 Å². The molecule has 0 aliphatic carbocycles. The molecule has 4 nitrogen and oxygen atoms in total. The third-order valence-electron chi connectivity index (χ3n) is 4.19. The number of methoxy groups -OCH3 is 1. The molecule has 3 rings (SSSR count). The van der Waals surface area contributed by atoms with E-state index >= 15 is 0 Å². The molecule has 0 atom stereocenters. The largest absolute Gasteiger partial charge is 0.489 e. The highest BCUT2D eigenvalue weighted by Crippen LogP contribution is 2.33. The van der Waals surface area contributed by atoms with Gasteiger partial charge in [0, 0.05) is 17.3 Å². The Morgan fingerprint density at radius 2 is 1.90 bits per heavy atom. The van der Waals surface area contributed by atoms with Crippen molar-refractivity contribution in [1.29, 1.82) is 0 Å². The number of pyridine rings is 1. The average Bonchev–Trinajstić information content (AvgIpc) is 2.76. The predicted molar refractivity (Wildman–Crippen MR) is 109 cm³/mol. The first kappa shape index (κ1) is 22.7. The summed E-state index contributed by atoms with van der Waals surface area (Å²) in [4.78, 5) is 4.09. The van der Waals surface area contributed by atoms with Gasteiger partial charge in [0.2, 0.25) is 5.88 Å². The van der Waals surface area contributed by atoms with Crippen molar-refractivity contribution in [2.75, 3.05) is 17.8 Å². The summed E-state index contributed by atoms with van der Waals surface area (Å²) >= 11 is 0.775. The van der Waals surface area contributed by atoms with Crippen LogP contribution in [0.1, 0.15) is 11.1 Å². The number of benzene rings is 2. The van der Waals surface area contributed by atoms with Gasteiger partial charge in [-0.1, -0.05) is 12.1 Å². The van der Waals surface area contributed by atoms with Gasteiger partial charge in [0.15, 0.2) is 6.01 Å². The Kier molecular flexibility index (Phi) is 7.21. The highest BCUT2D eigenvalue weighted by molar-refractivity contribution is 8.00. The number of nitrogens with zero attached hydrogens (tertiary/aromatic N) is 1. The van der Waals surface area contributed by atoms with Gasteiger partial charge in [-0.3, -0.25) is 0 Å². The predicted octanol–water partition coefficient (Wildman–Crippen LogP) is 6.48. The molecule has 0 spiro atoms. The fourth-order valence-electron chi connectivity index (χ4n) is 2.76. The molecule has 0 aliphatic rings. The first-order valence-electron chi connectivity index (χ1n) is 8.88. The molecule has 3 aromatic rings. The van der Waals surface area contributed by atoms with Crippen molar-refractivity contribution in [3.05, 3.63) is 71.7 Å². The minimum absolute atomic E-state index is 0.129. The number of rotatable bonds is 8. The summed E-state index contributed by atoms with van der Waals surface area (Å²) in [7, 11) is 1.40. The Balaban J connectivity index is 1.83. The number of nitrogens with one attached hydrogen (secondary N) is 1. The van der Waals surface area contributed by atoms with E-state index < -0.39 is 23.6 Å².